The molecule has 1 N–H and O–H groups in total. The van der Waals surface area contributed by atoms with Gasteiger partial charge in [0.1, 0.15) is 11.5 Å². The number of fused-ring (bicyclic) bond motifs is 1. The molecule has 0 radical (unpaired) electrons. The Kier molecular flexibility index (Phi) is 3.11. The van der Waals surface area contributed by atoms with Crippen molar-refractivity contribution in [1.82, 2.24) is 4.98 Å². The summed E-state index contributed by atoms with van der Waals surface area (Å²) >= 11 is 0. The minimum absolute atomic E-state index is 0.393. The molecule has 19 heavy (non-hydrogen) atoms. The molecule has 1 aliphatic rings. The molecule has 2 heterocycles. The van der Waals surface area contributed by atoms with Gasteiger partial charge in [-0.05, 0) is 29.2 Å². The van der Waals surface area contributed by atoms with Crippen LogP contribution in [0, 0.1) is 0 Å². The summed E-state index contributed by atoms with van der Waals surface area (Å²) in [7, 11) is 0.756. The highest BCUT2D eigenvalue weighted by Gasteiger charge is 2.27. The zero-order valence-corrected chi connectivity index (χ0v) is 10.4. The lowest BCUT2D eigenvalue weighted by atomic mass is 9.80. The van der Waals surface area contributed by atoms with E-state index in [9.17, 15) is 5.02 Å². The summed E-state index contributed by atoms with van der Waals surface area (Å²) in [6.07, 6.45) is 1.59. The summed E-state index contributed by atoms with van der Waals surface area (Å²) in [6, 6.07) is 8.94. The van der Waals surface area contributed by atoms with Gasteiger partial charge in [0.15, 0.2) is 0 Å². The lowest BCUT2D eigenvalue weighted by Crippen LogP contribution is -2.27. The van der Waals surface area contributed by atoms with E-state index < -0.39 is 7.12 Å². The fourth-order valence-corrected chi connectivity index (χ4v) is 1.94. The quantitative estimate of drug-likeness (QED) is 0.834. The third-order valence-corrected chi connectivity index (χ3v) is 2.94. The van der Waals surface area contributed by atoms with Crippen LogP contribution in [0.4, 0.5) is 0 Å². The van der Waals surface area contributed by atoms with Crippen molar-refractivity contribution in [3.05, 3.63) is 42.1 Å². The molecule has 0 bridgehead atoms. The van der Waals surface area contributed by atoms with Gasteiger partial charge in [0.2, 0.25) is 5.88 Å². The molecule has 2 aromatic rings. The molecule has 1 aromatic carbocycles. The van der Waals surface area contributed by atoms with Crippen LogP contribution >= 0.6 is 0 Å². The van der Waals surface area contributed by atoms with E-state index in [0.717, 1.165) is 11.0 Å². The second-order valence-corrected chi connectivity index (χ2v) is 4.16. The molecule has 1 aliphatic heterocycles. The number of hydrogen-bond acceptors (Lipinski definition) is 5. The minimum atomic E-state index is -0.830. The molecular weight excluding hydrogens is 245 g/mol. The highest BCUT2D eigenvalue weighted by atomic mass is 16.5. The second kappa shape index (κ2) is 4.91. The first-order valence-electron chi connectivity index (χ1n) is 5.86. The zero-order chi connectivity index (χ0) is 13.2. The monoisotopic (exact) mass is 257 g/mol. The van der Waals surface area contributed by atoms with Crippen LogP contribution in [0.5, 0.6) is 17.4 Å². The van der Waals surface area contributed by atoms with E-state index in [1.54, 1.807) is 37.6 Å². The number of hydrogen-bond donors (Lipinski definition) is 1. The summed E-state index contributed by atoms with van der Waals surface area (Å²) in [5.74, 6) is 1.83. The third kappa shape index (κ3) is 2.40. The maximum absolute atomic E-state index is 9.53. The van der Waals surface area contributed by atoms with E-state index in [2.05, 4.69) is 4.98 Å². The number of methoxy groups -OCH3 is 1. The fourth-order valence-electron chi connectivity index (χ4n) is 1.94. The Hall–Kier alpha value is -2.05. The van der Waals surface area contributed by atoms with Crippen molar-refractivity contribution in [2.24, 2.45) is 0 Å². The molecule has 96 valence electrons. The molecule has 0 unspecified atom stereocenters. The lowest BCUT2D eigenvalue weighted by Gasteiger charge is -2.07. The van der Waals surface area contributed by atoms with Crippen molar-refractivity contribution in [2.45, 2.75) is 6.61 Å². The first-order valence-corrected chi connectivity index (χ1v) is 5.86. The first-order chi connectivity index (χ1) is 9.26. The minimum Gasteiger partial charge on any atom is -0.495 e. The van der Waals surface area contributed by atoms with Crippen molar-refractivity contribution in [3.8, 4) is 17.4 Å². The average Bonchev–Trinajstić information content (AvgIpc) is 2.81. The Balaban J connectivity index is 1.79. The van der Waals surface area contributed by atoms with Crippen LogP contribution in [-0.4, -0.2) is 24.2 Å². The number of nitrogens with zero attached hydrogens (tertiary/aromatic N) is 1. The fraction of sp³-hybridized carbons (Fsp3) is 0.154. The molecule has 0 saturated heterocycles. The second-order valence-electron chi connectivity index (χ2n) is 4.16. The molecule has 6 heteroatoms. The number of aromatic nitrogens is 1. The summed E-state index contributed by atoms with van der Waals surface area (Å²) in [6.45, 7) is 0.393. The van der Waals surface area contributed by atoms with Gasteiger partial charge in [-0.1, -0.05) is 6.07 Å². The van der Waals surface area contributed by atoms with E-state index in [0.29, 0.717) is 24.0 Å². The molecule has 0 saturated carbocycles. The number of pyridine rings is 1. The normalized spacial score (nSPS) is 13.3. The van der Waals surface area contributed by atoms with Gasteiger partial charge in [-0.15, -0.1) is 0 Å². The van der Waals surface area contributed by atoms with Crippen molar-refractivity contribution >= 4 is 12.6 Å². The van der Waals surface area contributed by atoms with Crippen LogP contribution in [0.25, 0.3) is 0 Å². The van der Waals surface area contributed by atoms with E-state index >= 15 is 0 Å². The van der Waals surface area contributed by atoms with Gasteiger partial charge in [0.25, 0.3) is 0 Å². The topological polar surface area (TPSA) is 60.8 Å². The summed E-state index contributed by atoms with van der Waals surface area (Å²) in [4.78, 5) is 4.13. The Labute approximate surface area is 110 Å². The highest BCUT2D eigenvalue weighted by molar-refractivity contribution is 6.61. The van der Waals surface area contributed by atoms with Gasteiger partial charge >= 0.3 is 7.12 Å². The van der Waals surface area contributed by atoms with Crippen LogP contribution in [0.1, 0.15) is 5.56 Å². The first kappa shape index (κ1) is 12.0. The summed E-state index contributed by atoms with van der Waals surface area (Å²) in [5, 5.41) is 9.53. The van der Waals surface area contributed by atoms with Gasteiger partial charge in [-0.25, -0.2) is 4.98 Å². The van der Waals surface area contributed by atoms with E-state index in [1.165, 1.54) is 0 Å². The Morgan fingerprint density at radius 1 is 1.26 bits per heavy atom. The Morgan fingerprint density at radius 3 is 2.84 bits per heavy atom. The smallest absolute Gasteiger partial charge is 0.491 e. The maximum Gasteiger partial charge on any atom is 0.491 e. The van der Waals surface area contributed by atoms with Gasteiger partial charge < -0.3 is 19.2 Å². The summed E-state index contributed by atoms with van der Waals surface area (Å²) < 4.78 is 15.8. The van der Waals surface area contributed by atoms with E-state index in [1.807, 2.05) is 6.07 Å². The third-order valence-electron chi connectivity index (χ3n) is 2.94. The van der Waals surface area contributed by atoms with Crippen LogP contribution in [-0.2, 0) is 11.3 Å². The lowest BCUT2D eigenvalue weighted by molar-refractivity contribution is 0.275. The molecule has 0 aliphatic carbocycles. The maximum atomic E-state index is 9.53. The number of ether oxygens (including phenoxy) is 2. The van der Waals surface area contributed by atoms with Gasteiger partial charge in [-0.3, -0.25) is 0 Å². The molecular formula is C13H12BNO4. The van der Waals surface area contributed by atoms with Crippen molar-refractivity contribution in [2.75, 3.05) is 7.11 Å². The predicted molar refractivity (Wildman–Crippen MR) is 69.7 cm³/mol. The van der Waals surface area contributed by atoms with Crippen LogP contribution in [0.3, 0.4) is 0 Å². The van der Waals surface area contributed by atoms with Gasteiger partial charge in [0.05, 0.1) is 19.9 Å². The molecule has 3 rings (SSSR count). The molecule has 0 fully saturated rings. The van der Waals surface area contributed by atoms with Gasteiger partial charge in [0, 0.05) is 6.07 Å². The molecule has 0 atom stereocenters. The van der Waals surface area contributed by atoms with E-state index in [-0.39, 0.29) is 0 Å². The largest absolute Gasteiger partial charge is 0.495 e. The molecule has 0 amide bonds. The molecule has 1 aromatic heterocycles. The Morgan fingerprint density at radius 2 is 2.11 bits per heavy atom. The van der Waals surface area contributed by atoms with Crippen LogP contribution in [0.2, 0.25) is 0 Å². The van der Waals surface area contributed by atoms with Crippen LogP contribution < -0.4 is 14.9 Å². The van der Waals surface area contributed by atoms with Crippen molar-refractivity contribution in [3.63, 3.8) is 0 Å². The van der Waals surface area contributed by atoms with E-state index in [4.69, 9.17) is 14.1 Å². The average molecular weight is 257 g/mol. The number of benzene rings is 1. The standard InChI is InChI=1S/C13H12BNO4/c1-17-11-3-5-13(15-7-11)19-10-2-4-12-9(6-10)8-18-14(12)16/h2-7,16H,8H2,1H3. The Bertz CT molecular complexity index is 588. The molecule has 0 spiro atoms. The zero-order valence-electron chi connectivity index (χ0n) is 10.4. The highest BCUT2D eigenvalue weighted by Crippen LogP contribution is 2.23. The number of rotatable bonds is 3. The van der Waals surface area contributed by atoms with Crippen molar-refractivity contribution in [1.29, 1.82) is 0 Å². The van der Waals surface area contributed by atoms with Gasteiger partial charge in [-0.2, -0.15) is 0 Å². The molecule has 5 nitrogen and oxygen atoms in total. The SMILES string of the molecule is COc1ccc(Oc2ccc3c(c2)COB3O)nc1. The van der Waals surface area contributed by atoms with Crippen LogP contribution in [0.15, 0.2) is 36.5 Å². The summed E-state index contributed by atoms with van der Waals surface area (Å²) in [5.41, 5.74) is 1.72. The van der Waals surface area contributed by atoms with Crippen molar-refractivity contribution < 1.29 is 19.2 Å². The predicted octanol–water partition coefficient (Wildman–Crippen LogP) is 1.10.